The molecule has 3 N–H and O–H groups in total. The van der Waals surface area contributed by atoms with Crippen LogP contribution < -0.4 is 16.0 Å². The van der Waals surface area contributed by atoms with E-state index in [1.54, 1.807) is 0 Å². The van der Waals surface area contributed by atoms with E-state index in [1.807, 2.05) is 0 Å². The lowest BCUT2D eigenvalue weighted by Crippen LogP contribution is -2.72. The minimum atomic E-state index is -1.25. The lowest BCUT2D eigenvalue weighted by Gasteiger charge is -2.35. The van der Waals surface area contributed by atoms with Crippen molar-refractivity contribution in [3.05, 3.63) is 51.0 Å². The number of aromatic nitrogens is 1. The van der Waals surface area contributed by atoms with Crippen molar-refractivity contribution >= 4 is 63.2 Å². The van der Waals surface area contributed by atoms with Crippen LogP contribution in [0, 0.1) is 10.1 Å². The lowest BCUT2D eigenvalue weighted by atomic mass is 9.98. The van der Waals surface area contributed by atoms with Crippen molar-refractivity contribution in [2.45, 2.75) is 18.7 Å². The van der Waals surface area contributed by atoms with E-state index >= 15 is 0 Å². The Kier molecular flexibility index (Phi) is 8.27. The number of nitro groups is 1. The number of ether oxygens (including phenoxy) is 1. The quantitative estimate of drug-likeness (QED) is 0.0979. The number of nitro benzene ring substituents is 1. The molecule has 35 heavy (non-hydrogen) atoms. The van der Waals surface area contributed by atoms with Crippen molar-refractivity contribution in [2.24, 2.45) is 5.16 Å². The molecule has 2 atom stereocenters. The number of rotatable bonds is 10. The first-order valence-electron chi connectivity index (χ1n) is 9.67. The number of esters is 1. The highest BCUT2D eigenvalue weighted by molar-refractivity contribution is 7.14. The summed E-state index contributed by atoms with van der Waals surface area (Å²) in [5.41, 5.74) is 0.130. The minimum absolute atomic E-state index is 0.0521. The molecule has 0 bridgehead atoms. The minimum Gasteiger partial charge on any atom is -0.459 e. The van der Waals surface area contributed by atoms with Crippen LogP contribution in [0.1, 0.15) is 11.3 Å². The van der Waals surface area contributed by atoms with Gasteiger partial charge in [0.15, 0.2) is 16.9 Å². The Morgan fingerprint density at radius 3 is 2.63 bits per heavy atom. The van der Waals surface area contributed by atoms with Crippen molar-refractivity contribution in [3.8, 4) is 0 Å². The molecule has 184 valence electrons. The number of thiazole rings is 1. The summed E-state index contributed by atoms with van der Waals surface area (Å²) in [7, 11) is 1.20. The molecule has 1 aromatic carbocycles. The van der Waals surface area contributed by atoms with E-state index in [2.05, 4.69) is 30.9 Å². The number of halogens is 1. The Morgan fingerprint density at radius 1 is 1.31 bits per heavy atom. The van der Waals surface area contributed by atoms with E-state index < -0.39 is 40.7 Å². The first-order valence-corrected chi connectivity index (χ1v) is 11.1. The second-order valence-electron chi connectivity index (χ2n) is 6.81. The van der Waals surface area contributed by atoms with Gasteiger partial charge < -0.3 is 25.5 Å². The molecular weight excluding hydrogens is 508 g/mol. The van der Waals surface area contributed by atoms with Crippen LogP contribution in [0.3, 0.4) is 0 Å². The van der Waals surface area contributed by atoms with Gasteiger partial charge in [0.2, 0.25) is 11.8 Å². The van der Waals surface area contributed by atoms with Crippen LogP contribution >= 0.6 is 22.9 Å². The second-order valence-corrected chi connectivity index (χ2v) is 7.94. The maximum atomic E-state index is 12.8. The molecule has 14 nitrogen and oxygen atoms in total. The molecule has 1 fully saturated rings. The molecule has 0 spiro atoms. The number of hydrogen-bond acceptors (Lipinski definition) is 11. The van der Waals surface area contributed by atoms with Gasteiger partial charge in [-0.15, -0.1) is 22.9 Å². The Labute approximate surface area is 205 Å². The second kappa shape index (κ2) is 11.3. The number of nitrogens with one attached hydrogen (secondary N) is 3. The number of non-ortho nitro benzene ring substituents is 1. The molecule has 3 rings (SSSR count). The molecule has 0 aliphatic carbocycles. The zero-order valence-corrected chi connectivity index (χ0v) is 19.4. The van der Waals surface area contributed by atoms with Crippen molar-refractivity contribution in [1.82, 2.24) is 15.6 Å². The van der Waals surface area contributed by atoms with Crippen LogP contribution in [0.2, 0.25) is 0 Å². The maximum Gasteiger partial charge on any atom is 0.331 e. The van der Waals surface area contributed by atoms with Gasteiger partial charge in [-0.2, -0.15) is 0 Å². The number of amides is 3. The summed E-state index contributed by atoms with van der Waals surface area (Å²) >= 11 is 6.44. The molecule has 3 amide bonds. The van der Waals surface area contributed by atoms with Crippen LogP contribution in [0.15, 0.2) is 34.8 Å². The SMILES string of the molecule is CO/N=C(\C(=O)N[C@H]1C(=O)N[C@H]1C(=O)OCc1ccc([N+](=O)[O-])cc1)c1csc(NC(=O)CCl)n1. The highest BCUT2D eigenvalue weighted by Gasteiger charge is 2.46. The van der Waals surface area contributed by atoms with Crippen LogP contribution in [0.25, 0.3) is 0 Å². The average Bonchev–Trinajstić information content (AvgIpc) is 3.30. The lowest BCUT2D eigenvalue weighted by molar-refractivity contribution is -0.384. The zero-order valence-electron chi connectivity index (χ0n) is 17.8. The molecule has 16 heteroatoms. The molecule has 1 aromatic heterocycles. The van der Waals surface area contributed by atoms with Gasteiger partial charge in [0.25, 0.3) is 11.6 Å². The number of carbonyl (C=O) groups excluding carboxylic acids is 4. The highest BCUT2D eigenvalue weighted by atomic mass is 35.5. The van der Waals surface area contributed by atoms with Gasteiger partial charge in [-0.3, -0.25) is 24.5 Å². The van der Waals surface area contributed by atoms with E-state index in [4.69, 9.17) is 16.3 Å². The molecule has 2 heterocycles. The number of β-lactam (4-membered cyclic amide) rings is 1. The molecule has 1 aliphatic rings. The van der Waals surface area contributed by atoms with Crippen molar-refractivity contribution < 1.29 is 33.7 Å². The standard InChI is InChI=1S/C19H17ClN6O8S/c1-33-25-13(11-8-35-19(21-11)22-12(27)6-20)16(28)23-14-15(24-17(14)29)18(30)34-7-9-2-4-10(5-3-9)26(31)32/h2-5,8,14-15H,6-7H2,1H3,(H,23,28)(H,24,29)(H,21,22,27)/b25-13-/t14-,15-/m1/s1. The van der Waals surface area contributed by atoms with Gasteiger partial charge in [-0.05, 0) is 17.7 Å². The summed E-state index contributed by atoms with van der Waals surface area (Å²) in [5.74, 6) is -3.09. The molecule has 1 saturated heterocycles. The largest absolute Gasteiger partial charge is 0.459 e. The Morgan fingerprint density at radius 2 is 2.03 bits per heavy atom. The molecule has 1 aliphatic heterocycles. The Hall–Kier alpha value is -4.11. The van der Waals surface area contributed by atoms with Gasteiger partial charge >= 0.3 is 5.97 Å². The van der Waals surface area contributed by atoms with E-state index in [0.717, 1.165) is 11.3 Å². The number of nitrogens with zero attached hydrogens (tertiary/aromatic N) is 3. The molecule has 2 aromatic rings. The van der Waals surface area contributed by atoms with E-state index in [1.165, 1.54) is 36.8 Å². The van der Waals surface area contributed by atoms with Gasteiger partial charge in [0.05, 0.1) is 4.92 Å². The molecule has 0 unspecified atom stereocenters. The monoisotopic (exact) mass is 524 g/mol. The predicted molar refractivity (Wildman–Crippen MR) is 122 cm³/mol. The summed E-state index contributed by atoms with van der Waals surface area (Å²) in [6.07, 6.45) is 0. The summed E-state index contributed by atoms with van der Waals surface area (Å²) in [4.78, 5) is 67.4. The van der Waals surface area contributed by atoms with E-state index in [0.29, 0.717) is 5.56 Å². The van der Waals surface area contributed by atoms with E-state index in [9.17, 15) is 29.3 Å². The van der Waals surface area contributed by atoms with Crippen molar-refractivity contribution in [3.63, 3.8) is 0 Å². The Balaban J connectivity index is 1.62. The van der Waals surface area contributed by atoms with Crippen molar-refractivity contribution in [2.75, 3.05) is 18.3 Å². The third-order valence-corrected chi connectivity index (χ3v) is 5.49. The molecular formula is C19H17ClN6O8S. The maximum absolute atomic E-state index is 12.8. The third kappa shape index (κ3) is 6.27. The summed E-state index contributed by atoms with van der Waals surface area (Å²) in [5, 5.41) is 23.1. The van der Waals surface area contributed by atoms with Gasteiger partial charge in [0.1, 0.15) is 31.3 Å². The predicted octanol–water partition coefficient (Wildman–Crippen LogP) is 0.306. The normalized spacial score (nSPS) is 17.0. The van der Waals surface area contributed by atoms with Crippen molar-refractivity contribution in [1.29, 1.82) is 0 Å². The van der Waals surface area contributed by atoms with Gasteiger partial charge in [0, 0.05) is 17.5 Å². The topological polar surface area (TPSA) is 191 Å². The summed E-state index contributed by atoms with van der Waals surface area (Å²) in [6.45, 7) is -0.199. The highest BCUT2D eigenvalue weighted by Crippen LogP contribution is 2.18. The average molecular weight is 525 g/mol. The van der Waals surface area contributed by atoms with Crippen LogP contribution in [-0.2, 0) is 35.4 Å². The molecule has 0 radical (unpaired) electrons. The fourth-order valence-corrected chi connectivity index (χ4v) is 3.56. The van der Waals surface area contributed by atoms with Crippen LogP contribution in [0.5, 0.6) is 0 Å². The fraction of sp³-hybridized carbons (Fsp3) is 0.263. The number of benzene rings is 1. The summed E-state index contributed by atoms with van der Waals surface area (Å²) in [6, 6.07) is 2.97. The van der Waals surface area contributed by atoms with Gasteiger partial charge in [-0.1, -0.05) is 5.16 Å². The number of carbonyl (C=O) groups is 4. The number of oxime groups is 1. The first kappa shape index (κ1) is 25.5. The third-order valence-electron chi connectivity index (χ3n) is 4.49. The number of hydrogen-bond donors (Lipinski definition) is 3. The van der Waals surface area contributed by atoms with E-state index in [-0.39, 0.29) is 34.7 Å². The fourth-order valence-electron chi connectivity index (χ4n) is 2.78. The van der Waals surface area contributed by atoms with Crippen LogP contribution in [0.4, 0.5) is 10.8 Å². The first-order chi connectivity index (χ1) is 16.7. The number of alkyl halides is 1. The zero-order chi connectivity index (χ0) is 25.5. The summed E-state index contributed by atoms with van der Waals surface area (Å²) < 4.78 is 5.14. The smallest absolute Gasteiger partial charge is 0.331 e. The number of anilines is 1. The Bertz CT molecular complexity index is 1180. The van der Waals surface area contributed by atoms with Crippen LogP contribution in [-0.4, -0.2) is 64.4 Å². The van der Waals surface area contributed by atoms with Gasteiger partial charge in [-0.25, -0.2) is 9.78 Å². The molecule has 0 saturated carbocycles.